The van der Waals surface area contributed by atoms with Crippen LogP contribution in [0.3, 0.4) is 0 Å². The second-order valence-corrected chi connectivity index (χ2v) is 10.9. The molecule has 0 spiro atoms. The molecule has 3 aromatic rings. The molecule has 36 heavy (non-hydrogen) atoms. The van der Waals surface area contributed by atoms with E-state index < -0.39 is 0 Å². The van der Waals surface area contributed by atoms with Crippen LogP contribution in [0.1, 0.15) is 70.0 Å². The van der Waals surface area contributed by atoms with Crippen molar-refractivity contribution in [3.05, 3.63) is 51.6 Å². The smallest absolute Gasteiger partial charge is 0.252 e. The summed E-state index contributed by atoms with van der Waals surface area (Å²) < 4.78 is 7.45. The topological polar surface area (TPSA) is 92.2 Å². The molecule has 3 heterocycles. The van der Waals surface area contributed by atoms with Gasteiger partial charge in [0.15, 0.2) is 5.82 Å². The summed E-state index contributed by atoms with van der Waals surface area (Å²) in [6.45, 7) is 16.5. The van der Waals surface area contributed by atoms with Gasteiger partial charge in [-0.25, -0.2) is 4.68 Å². The summed E-state index contributed by atoms with van der Waals surface area (Å²) in [6.07, 6.45) is 2.91. The molecule has 0 bridgehead atoms. The minimum atomic E-state index is -0.234. The number of hydrogen-bond acceptors (Lipinski definition) is 7. The van der Waals surface area contributed by atoms with Crippen LogP contribution in [-0.2, 0) is 16.8 Å². The van der Waals surface area contributed by atoms with Gasteiger partial charge in [-0.3, -0.25) is 14.6 Å². The van der Waals surface area contributed by atoms with Gasteiger partial charge in [-0.1, -0.05) is 31.5 Å². The summed E-state index contributed by atoms with van der Waals surface area (Å²) in [5, 5.41) is 13.9. The number of rotatable bonds is 10. The van der Waals surface area contributed by atoms with Crippen LogP contribution in [0.2, 0.25) is 0 Å². The van der Waals surface area contributed by atoms with Crippen LogP contribution in [0, 0.1) is 6.92 Å². The number of tetrazole rings is 1. The number of ether oxygens (including phenoxy) is 1. The zero-order chi connectivity index (χ0) is 25.7. The van der Waals surface area contributed by atoms with Crippen molar-refractivity contribution in [3.8, 4) is 0 Å². The van der Waals surface area contributed by atoms with Gasteiger partial charge >= 0.3 is 0 Å². The third-order valence-electron chi connectivity index (χ3n) is 6.99. The van der Waals surface area contributed by atoms with E-state index in [1.807, 2.05) is 29.8 Å². The Hall–Kier alpha value is -2.62. The monoisotopic (exact) mass is 495 g/mol. The maximum Gasteiger partial charge on any atom is 0.252 e. The summed E-state index contributed by atoms with van der Waals surface area (Å²) in [5.41, 5.74) is 2.50. The van der Waals surface area contributed by atoms with Gasteiger partial charge in [0.05, 0.1) is 30.3 Å². The Labute approximate surface area is 213 Å². The highest BCUT2D eigenvalue weighted by molar-refractivity contribution is 5.81. The number of pyridine rings is 1. The van der Waals surface area contributed by atoms with Gasteiger partial charge in [0.25, 0.3) is 5.56 Å². The van der Waals surface area contributed by atoms with Gasteiger partial charge in [0.1, 0.15) is 0 Å². The largest absolute Gasteiger partial charge is 0.379 e. The molecule has 2 aromatic heterocycles. The molecular formula is C27H41N7O2. The highest BCUT2D eigenvalue weighted by atomic mass is 16.5. The van der Waals surface area contributed by atoms with E-state index >= 15 is 0 Å². The minimum absolute atomic E-state index is 0.0153. The van der Waals surface area contributed by atoms with Crippen molar-refractivity contribution in [1.29, 1.82) is 0 Å². The highest BCUT2D eigenvalue weighted by Gasteiger charge is 2.30. The molecule has 4 rings (SSSR count). The first kappa shape index (κ1) is 26.4. The number of hydrogen-bond donors (Lipinski definition) is 1. The predicted octanol–water partition coefficient (Wildman–Crippen LogP) is 3.64. The molecule has 1 aliphatic heterocycles. The number of nitrogens with zero attached hydrogens (tertiary/aromatic N) is 6. The highest BCUT2D eigenvalue weighted by Crippen LogP contribution is 2.29. The van der Waals surface area contributed by atoms with Crippen LogP contribution in [0.4, 0.5) is 0 Å². The maximum atomic E-state index is 13.2. The molecule has 0 aliphatic carbocycles. The van der Waals surface area contributed by atoms with E-state index in [0.29, 0.717) is 6.54 Å². The van der Waals surface area contributed by atoms with Crippen molar-refractivity contribution in [1.82, 2.24) is 35.0 Å². The van der Waals surface area contributed by atoms with Gasteiger partial charge in [-0.15, -0.1) is 5.10 Å². The van der Waals surface area contributed by atoms with Crippen molar-refractivity contribution in [2.45, 2.75) is 72.0 Å². The van der Waals surface area contributed by atoms with Crippen LogP contribution >= 0.6 is 0 Å². The van der Waals surface area contributed by atoms with Crippen LogP contribution < -0.4 is 5.56 Å². The third-order valence-corrected chi connectivity index (χ3v) is 6.99. The van der Waals surface area contributed by atoms with E-state index in [4.69, 9.17) is 4.74 Å². The molecule has 1 N–H and O–H groups in total. The SMILES string of the molecule is CCC[C@H](c1nnnn1C(C)(C)C)N(CCCN1CCOCC1)Cc1cc2cccc(C)c2[nH]c1=O. The number of benzene rings is 1. The lowest BCUT2D eigenvalue weighted by atomic mass is 10.0. The Morgan fingerprint density at radius 2 is 2.00 bits per heavy atom. The van der Waals surface area contributed by atoms with Crippen LogP contribution in [0.15, 0.2) is 29.1 Å². The molecule has 0 saturated carbocycles. The number of nitrogens with one attached hydrogen (secondary N) is 1. The Balaban J connectivity index is 1.65. The van der Waals surface area contributed by atoms with Gasteiger partial charge < -0.3 is 9.72 Å². The second-order valence-electron chi connectivity index (χ2n) is 10.9. The Bertz CT molecular complexity index is 1190. The van der Waals surface area contributed by atoms with E-state index in [-0.39, 0.29) is 17.1 Å². The fourth-order valence-corrected chi connectivity index (χ4v) is 5.06. The molecule has 0 radical (unpaired) electrons. The minimum Gasteiger partial charge on any atom is -0.379 e. The summed E-state index contributed by atoms with van der Waals surface area (Å²) in [6, 6.07) is 8.19. The molecular weight excluding hydrogens is 454 g/mol. The van der Waals surface area contributed by atoms with E-state index in [9.17, 15) is 4.79 Å². The van der Waals surface area contributed by atoms with Gasteiger partial charge in [-0.05, 0) is 74.5 Å². The van der Waals surface area contributed by atoms with Crippen molar-refractivity contribution in [3.63, 3.8) is 0 Å². The average molecular weight is 496 g/mol. The third kappa shape index (κ3) is 6.19. The van der Waals surface area contributed by atoms with Crippen molar-refractivity contribution < 1.29 is 4.74 Å². The van der Waals surface area contributed by atoms with Crippen molar-refractivity contribution >= 4 is 10.9 Å². The number of morpholine rings is 1. The quantitative estimate of drug-likeness (QED) is 0.459. The van der Waals surface area contributed by atoms with E-state index in [0.717, 1.165) is 86.5 Å². The van der Waals surface area contributed by atoms with Crippen LogP contribution in [0.5, 0.6) is 0 Å². The Kier molecular flexibility index (Phi) is 8.54. The number of aryl methyl sites for hydroxylation is 1. The summed E-state index contributed by atoms with van der Waals surface area (Å²) in [5.74, 6) is 0.865. The first-order valence-corrected chi connectivity index (χ1v) is 13.2. The number of para-hydroxylation sites is 1. The number of aromatic amines is 1. The number of H-pyrrole nitrogens is 1. The molecule has 9 heteroatoms. The average Bonchev–Trinajstić information content (AvgIpc) is 3.34. The lowest BCUT2D eigenvalue weighted by molar-refractivity contribution is 0.0347. The molecule has 0 amide bonds. The first-order chi connectivity index (χ1) is 17.3. The van der Waals surface area contributed by atoms with Crippen molar-refractivity contribution in [2.75, 3.05) is 39.4 Å². The van der Waals surface area contributed by atoms with Gasteiger partial charge in [0.2, 0.25) is 0 Å². The molecule has 1 saturated heterocycles. The van der Waals surface area contributed by atoms with Crippen LogP contribution in [0.25, 0.3) is 10.9 Å². The summed E-state index contributed by atoms with van der Waals surface area (Å²) in [4.78, 5) is 21.2. The molecule has 0 unspecified atom stereocenters. The van der Waals surface area contributed by atoms with Crippen LogP contribution in [-0.4, -0.2) is 74.4 Å². The van der Waals surface area contributed by atoms with Crippen molar-refractivity contribution in [2.24, 2.45) is 0 Å². The van der Waals surface area contributed by atoms with E-state index in [1.165, 1.54) is 0 Å². The number of aromatic nitrogens is 5. The molecule has 9 nitrogen and oxygen atoms in total. The van der Waals surface area contributed by atoms with E-state index in [1.54, 1.807) is 0 Å². The molecule has 1 fully saturated rings. The lowest BCUT2D eigenvalue weighted by Gasteiger charge is -2.34. The standard InChI is InChI=1S/C27H41N7O2/c1-6-9-23(25-29-30-31-34(25)27(3,4)5)33(13-8-12-32-14-16-36-17-15-32)19-22-18-21-11-7-10-20(2)24(21)28-26(22)35/h7,10-11,18,23H,6,8-9,12-17,19H2,1-5H3,(H,28,35)/t23-/m1/s1. The molecule has 1 atom stereocenters. The molecule has 1 aromatic carbocycles. The molecule has 196 valence electrons. The number of fused-ring (bicyclic) bond motifs is 1. The maximum absolute atomic E-state index is 13.2. The zero-order valence-corrected chi connectivity index (χ0v) is 22.5. The zero-order valence-electron chi connectivity index (χ0n) is 22.5. The Morgan fingerprint density at radius 3 is 2.72 bits per heavy atom. The summed E-state index contributed by atoms with van der Waals surface area (Å²) in [7, 11) is 0. The second kappa shape index (κ2) is 11.6. The van der Waals surface area contributed by atoms with Gasteiger partial charge in [-0.2, -0.15) is 0 Å². The van der Waals surface area contributed by atoms with Gasteiger partial charge in [0, 0.05) is 31.7 Å². The fourth-order valence-electron chi connectivity index (χ4n) is 5.06. The normalized spacial score (nSPS) is 16.2. The first-order valence-electron chi connectivity index (χ1n) is 13.2. The summed E-state index contributed by atoms with van der Waals surface area (Å²) >= 11 is 0. The van der Waals surface area contributed by atoms with E-state index in [2.05, 4.69) is 64.1 Å². The predicted molar refractivity (Wildman–Crippen MR) is 142 cm³/mol. The lowest BCUT2D eigenvalue weighted by Crippen LogP contribution is -2.39. The molecule has 1 aliphatic rings. The fraction of sp³-hybridized carbons (Fsp3) is 0.630. The Morgan fingerprint density at radius 1 is 1.22 bits per heavy atom.